The molecular formula is C14H13NS. The zero-order valence-corrected chi connectivity index (χ0v) is 10.2. The molecule has 1 aliphatic rings. The van der Waals surface area contributed by atoms with E-state index in [0.29, 0.717) is 0 Å². The highest BCUT2D eigenvalue weighted by Crippen LogP contribution is 2.45. The van der Waals surface area contributed by atoms with Crippen molar-refractivity contribution in [2.45, 2.75) is 23.6 Å². The van der Waals surface area contributed by atoms with E-state index in [0.717, 1.165) is 0 Å². The van der Waals surface area contributed by atoms with E-state index in [4.69, 9.17) is 0 Å². The summed E-state index contributed by atoms with van der Waals surface area (Å²) in [5.41, 5.74) is 5.17. The minimum atomic E-state index is 1.21. The van der Waals surface area contributed by atoms with Crippen molar-refractivity contribution in [3.05, 3.63) is 47.5 Å². The van der Waals surface area contributed by atoms with Gasteiger partial charge in [-0.3, -0.25) is 0 Å². The third kappa shape index (κ3) is 1.41. The predicted octanol–water partition coefficient (Wildman–Crippen LogP) is 4.51. The maximum Gasteiger partial charge on any atom is 0.0529 e. The summed E-state index contributed by atoms with van der Waals surface area (Å²) in [6, 6.07) is 12.8. The van der Waals surface area contributed by atoms with Gasteiger partial charge in [-0.05, 0) is 43.2 Å². The monoisotopic (exact) mass is 227 g/mol. The number of benzene rings is 2. The number of hydrogen-bond donors (Lipinski definition) is 1. The van der Waals surface area contributed by atoms with E-state index < -0.39 is 0 Å². The molecule has 0 bridgehead atoms. The van der Waals surface area contributed by atoms with Gasteiger partial charge in [0, 0.05) is 9.79 Å². The number of rotatable bonds is 0. The Bertz CT molecular complexity index is 561. The van der Waals surface area contributed by atoms with Crippen LogP contribution in [0.3, 0.4) is 0 Å². The third-order valence-corrected chi connectivity index (χ3v) is 4.35. The van der Waals surface area contributed by atoms with Gasteiger partial charge in [-0.25, -0.2) is 0 Å². The van der Waals surface area contributed by atoms with Gasteiger partial charge in [-0.15, -0.1) is 0 Å². The molecule has 0 fully saturated rings. The zero-order valence-electron chi connectivity index (χ0n) is 9.37. The Morgan fingerprint density at radius 1 is 0.938 bits per heavy atom. The first-order valence-electron chi connectivity index (χ1n) is 5.40. The summed E-state index contributed by atoms with van der Waals surface area (Å²) in [7, 11) is 0. The molecular weight excluding hydrogens is 214 g/mol. The number of fused-ring (bicyclic) bond motifs is 2. The van der Waals surface area contributed by atoms with Gasteiger partial charge in [-0.1, -0.05) is 30.0 Å². The van der Waals surface area contributed by atoms with Crippen LogP contribution >= 0.6 is 11.8 Å². The maximum atomic E-state index is 3.49. The van der Waals surface area contributed by atoms with Gasteiger partial charge < -0.3 is 5.32 Å². The molecule has 1 heterocycles. The molecule has 1 nitrogen and oxygen atoms in total. The fourth-order valence-corrected chi connectivity index (χ4v) is 3.07. The Balaban J connectivity index is 2.16. The molecule has 0 saturated carbocycles. The normalized spacial score (nSPS) is 12.6. The van der Waals surface area contributed by atoms with E-state index in [9.17, 15) is 0 Å². The Morgan fingerprint density at radius 3 is 2.62 bits per heavy atom. The lowest BCUT2D eigenvalue weighted by atomic mass is 10.1. The van der Waals surface area contributed by atoms with E-state index >= 15 is 0 Å². The van der Waals surface area contributed by atoms with Gasteiger partial charge in [-0.2, -0.15) is 0 Å². The quantitative estimate of drug-likeness (QED) is 0.606. The van der Waals surface area contributed by atoms with Crippen LogP contribution in [0.2, 0.25) is 0 Å². The molecule has 0 saturated heterocycles. The number of nitrogens with one attached hydrogen (secondary N) is 1. The first-order valence-corrected chi connectivity index (χ1v) is 6.21. The molecule has 80 valence electrons. The molecule has 2 heteroatoms. The van der Waals surface area contributed by atoms with Crippen molar-refractivity contribution >= 4 is 23.1 Å². The molecule has 1 N–H and O–H groups in total. The summed E-state index contributed by atoms with van der Waals surface area (Å²) in [6.45, 7) is 4.35. The van der Waals surface area contributed by atoms with Gasteiger partial charge >= 0.3 is 0 Å². The van der Waals surface area contributed by atoms with Crippen LogP contribution in [0.4, 0.5) is 11.4 Å². The lowest BCUT2D eigenvalue weighted by Gasteiger charge is -2.22. The van der Waals surface area contributed by atoms with Gasteiger partial charge in [0.15, 0.2) is 0 Å². The van der Waals surface area contributed by atoms with Gasteiger partial charge in [0.1, 0.15) is 0 Å². The average molecular weight is 227 g/mol. The second-order valence-corrected chi connectivity index (χ2v) is 5.16. The van der Waals surface area contributed by atoms with Crippen LogP contribution in [0.15, 0.2) is 46.2 Å². The summed E-state index contributed by atoms with van der Waals surface area (Å²) in [4.78, 5) is 2.67. The first kappa shape index (κ1) is 9.79. The van der Waals surface area contributed by atoms with Gasteiger partial charge in [0.2, 0.25) is 0 Å². The molecule has 3 rings (SSSR count). The minimum absolute atomic E-state index is 1.21. The highest BCUT2D eigenvalue weighted by Gasteiger charge is 2.17. The second-order valence-electron chi connectivity index (χ2n) is 4.11. The van der Waals surface area contributed by atoms with Crippen LogP contribution in [0.5, 0.6) is 0 Å². The fourth-order valence-electron chi connectivity index (χ4n) is 1.93. The molecule has 0 aliphatic carbocycles. The molecule has 0 amide bonds. The topological polar surface area (TPSA) is 12.0 Å². The lowest BCUT2D eigenvalue weighted by molar-refractivity contribution is 1.20. The largest absolute Gasteiger partial charge is 0.354 e. The molecule has 0 unspecified atom stereocenters. The van der Waals surface area contributed by atoms with Crippen LogP contribution in [-0.2, 0) is 0 Å². The zero-order chi connectivity index (χ0) is 11.1. The standard InChI is InChI=1S/C14H13NS/c1-9-7-8-12-14(10(9)2)16-13-6-4-3-5-11(13)15-12/h3-8,15H,1-2H3. The molecule has 1 aliphatic heterocycles. The molecule has 16 heavy (non-hydrogen) atoms. The molecule has 0 radical (unpaired) electrons. The third-order valence-electron chi connectivity index (χ3n) is 3.05. The number of hydrogen-bond acceptors (Lipinski definition) is 2. The maximum absolute atomic E-state index is 3.49. The van der Waals surface area contributed by atoms with Crippen LogP contribution < -0.4 is 5.32 Å². The van der Waals surface area contributed by atoms with E-state index in [1.807, 2.05) is 11.8 Å². The summed E-state index contributed by atoms with van der Waals surface area (Å²) in [5.74, 6) is 0. The first-order chi connectivity index (χ1) is 7.75. The molecule has 0 aromatic heterocycles. The van der Waals surface area contributed by atoms with Gasteiger partial charge in [0.05, 0.1) is 11.4 Å². The van der Waals surface area contributed by atoms with Crippen LogP contribution in [-0.4, -0.2) is 0 Å². The van der Waals surface area contributed by atoms with E-state index in [1.165, 1.54) is 32.3 Å². The van der Waals surface area contributed by atoms with E-state index in [2.05, 4.69) is 55.6 Å². The summed E-state index contributed by atoms with van der Waals surface area (Å²) >= 11 is 1.86. The van der Waals surface area contributed by atoms with Crippen LogP contribution in [0.1, 0.15) is 11.1 Å². The van der Waals surface area contributed by atoms with E-state index in [1.54, 1.807) is 0 Å². The van der Waals surface area contributed by atoms with Crippen molar-refractivity contribution in [3.63, 3.8) is 0 Å². The summed E-state index contributed by atoms with van der Waals surface area (Å²) in [6.07, 6.45) is 0. The SMILES string of the molecule is Cc1ccc2c(c1C)Sc1ccccc1N2. The van der Waals surface area contributed by atoms with Crippen LogP contribution in [0, 0.1) is 13.8 Å². The summed E-state index contributed by atoms with van der Waals surface area (Å²) in [5, 5.41) is 3.49. The van der Waals surface area contributed by atoms with E-state index in [-0.39, 0.29) is 0 Å². The number of anilines is 2. The average Bonchev–Trinajstić information content (AvgIpc) is 2.32. The Hall–Kier alpha value is -1.41. The molecule has 0 atom stereocenters. The van der Waals surface area contributed by atoms with Crippen molar-refractivity contribution in [2.75, 3.05) is 5.32 Å². The minimum Gasteiger partial charge on any atom is -0.354 e. The lowest BCUT2D eigenvalue weighted by Crippen LogP contribution is -2.01. The smallest absolute Gasteiger partial charge is 0.0529 e. The highest BCUT2D eigenvalue weighted by molar-refractivity contribution is 7.99. The fraction of sp³-hybridized carbons (Fsp3) is 0.143. The van der Waals surface area contributed by atoms with Gasteiger partial charge in [0.25, 0.3) is 0 Å². The van der Waals surface area contributed by atoms with Crippen molar-refractivity contribution in [2.24, 2.45) is 0 Å². The Kier molecular flexibility index (Phi) is 2.18. The molecule has 2 aromatic rings. The second kappa shape index (κ2) is 3.56. The van der Waals surface area contributed by atoms with Crippen LogP contribution in [0.25, 0.3) is 0 Å². The van der Waals surface area contributed by atoms with Crippen molar-refractivity contribution in [1.29, 1.82) is 0 Å². The van der Waals surface area contributed by atoms with Crippen molar-refractivity contribution in [1.82, 2.24) is 0 Å². The molecule has 0 spiro atoms. The number of aryl methyl sites for hydroxylation is 1. The summed E-state index contributed by atoms with van der Waals surface area (Å²) < 4.78 is 0. The van der Waals surface area contributed by atoms with Crippen molar-refractivity contribution in [3.8, 4) is 0 Å². The Labute approximate surface area is 99.9 Å². The predicted molar refractivity (Wildman–Crippen MR) is 69.8 cm³/mol. The Morgan fingerprint density at radius 2 is 1.75 bits per heavy atom. The molecule has 2 aromatic carbocycles. The number of para-hydroxylation sites is 1. The van der Waals surface area contributed by atoms with Crippen molar-refractivity contribution < 1.29 is 0 Å². The highest BCUT2D eigenvalue weighted by atomic mass is 32.2.